The van der Waals surface area contributed by atoms with Gasteiger partial charge in [0.15, 0.2) is 0 Å². The lowest BCUT2D eigenvalue weighted by molar-refractivity contribution is 0.236. The number of rotatable bonds is 4. The van der Waals surface area contributed by atoms with Gasteiger partial charge >= 0.3 is 6.03 Å². The molecule has 0 aromatic rings. The number of thioether (sulfide) groups is 1. The molecule has 82 valence electrons. The summed E-state index contributed by atoms with van der Waals surface area (Å²) in [5.41, 5.74) is 5.32. The van der Waals surface area contributed by atoms with Gasteiger partial charge in [0.2, 0.25) is 0 Å². The standard InChI is InChI=1S/C9H19N3OS/c10-4-1-5-11-9(13)12-8-2-6-14-7-3-8/h8H,1-7,10H2,(H2,11,12,13). The van der Waals surface area contributed by atoms with Crippen LogP contribution in [0.25, 0.3) is 0 Å². The Labute approximate surface area is 89.4 Å². The Kier molecular flexibility index (Phi) is 5.78. The van der Waals surface area contributed by atoms with Gasteiger partial charge < -0.3 is 16.4 Å². The minimum absolute atomic E-state index is 0.0460. The third-order valence-corrected chi connectivity index (χ3v) is 3.27. The van der Waals surface area contributed by atoms with Crippen molar-refractivity contribution in [3.05, 3.63) is 0 Å². The molecule has 1 saturated heterocycles. The van der Waals surface area contributed by atoms with E-state index in [0.29, 0.717) is 19.1 Å². The maximum atomic E-state index is 11.3. The SMILES string of the molecule is NCCCNC(=O)NC1CCSCC1. The molecule has 0 bridgehead atoms. The molecule has 0 unspecified atom stereocenters. The third kappa shape index (κ3) is 4.72. The van der Waals surface area contributed by atoms with E-state index in [1.807, 2.05) is 11.8 Å². The van der Waals surface area contributed by atoms with Crippen molar-refractivity contribution in [1.29, 1.82) is 0 Å². The van der Waals surface area contributed by atoms with Crippen LogP contribution < -0.4 is 16.4 Å². The predicted molar refractivity (Wildman–Crippen MR) is 60.6 cm³/mol. The summed E-state index contributed by atoms with van der Waals surface area (Å²) in [7, 11) is 0. The smallest absolute Gasteiger partial charge is 0.315 e. The monoisotopic (exact) mass is 217 g/mol. The van der Waals surface area contributed by atoms with E-state index >= 15 is 0 Å². The first-order valence-electron chi connectivity index (χ1n) is 5.15. The summed E-state index contributed by atoms with van der Waals surface area (Å²) in [5.74, 6) is 2.32. The highest BCUT2D eigenvalue weighted by Crippen LogP contribution is 2.16. The summed E-state index contributed by atoms with van der Waals surface area (Å²) in [5, 5.41) is 5.77. The van der Waals surface area contributed by atoms with Gasteiger partial charge in [-0.1, -0.05) is 0 Å². The molecule has 4 nitrogen and oxygen atoms in total. The lowest BCUT2D eigenvalue weighted by Gasteiger charge is -2.22. The Morgan fingerprint density at radius 1 is 1.43 bits per heavy atom. The van der Waals surface area contributed by atoms with E-state index in [9.17, 15) is 4.79 Å². The van der Waals surface area contributed by atoms with E-state index in [1.165, 1.54) is 0 Å². The number of carbonyl (C=O) groups is 1. The molecule has 1 fully saturated rings. The van der Waals surface area contributed by atoms with Crippen molar-refractivity contribution in [2.45, 2.75) is 25.3 Å². The molecule has 0 saturated carbocycles. The topological polar surface area (TPSA) is 67.1 Å². The molecule has 0 aromatic carbocycles. The molecule has 0 atom stereocenters. The van der Waals surface area contributed by atoms with Crippen LogP contribution in [0.4, 0.5) is 4.79 Å². The fraction of sp³-hybridized carbons (Fsp3) is 0.889. The summed E-state index contributed by atoms with van der Waals surface area (Å²) >= 11 is 1.96. The third-order valence-electron chi connectivity index (χ3n) is 2.22. The zero-order valence-electron chi connectivity index (χ0n) is 8.42. The van der Waals surface area contributed by atoms with Crippen LogP contribution in [0.1, 0.15) is 19.3 Å². The van der Waals surface area contributed by atoms with Gasteiger partial charge in [0, 0.05) is 12.6 Å². The maximum absolute atomic E-state index is 11.3. The first-order valence-corrected chi connectivity index (χ1v) is 6.30. The van der Waals surface area contributed by atoms with Crippen LogP contribution in [0.2, 0.25) is 0 Å². The summed E-state index contributed by atoms with van der Waals surface area (Å²) in [6, 6.07) is 0.324. The average molecular weight is 217 g/mol. The Morgan fingerprint density at radius 2 is 2.14 bits per heavy atom. The number of hydrogen-bond donors (Lipinski definition) is 3. The second kappa shape index (κ2) is 6.95. The van der Waals surface area contributed by atoms with Crippen LogP contribution in [0.5, 0.6) is 0 Å². The molecule has 5 heteroatoms. The summed E-state index contributed by atoms with van der Waals surface area (Å²) in [4.78, 5) is 11.3. The number of hydrogen-bond acceptors (Lipinski definition) is 3. The van der Waals surface area contributed by atoms with Gasteiger partial charge in [-0.3, -0.25) is 0 Å². The zero-order chi connectivity index (χ0) is 10.2. The number of amides is 2. The van der Waals surface area contributed by atoms with Crippen molar-refractivity contribution in [2.75, 3.05) is 24.6 Å². The van der Waals surface area contributed by atoms with Gasteiger partial charge in [-0.05, 0) is 37.3 Å². The molecular weight excluding hydrogens is 198 g/mol. The first kappa shape index (κ1) is 11.7. The highest BCUT2D eigenvalue weighted by molar-refractivity contribution is 7.99. The van der Waals surface area contributed by atoms with Crippen molar-refractivity contribution in [1.82, 2.24) is 10.6 Å². The number of urea groups is 1. The average Bonchev–Trinajstić information content (AvgIpc) is 2.20. The second-order valence-corrected chi connectivity index (χ2v) is 4.65. The molecule has 0 radical (unpaired) electrons. The van der Waals surface area contributed by atoms with Crippen LogP contribution in [-0.2, 0) is 0 Å². The Balaban J connectivity index is 2.06. The Morgan fingerprint density at radius 3 is 2.79 bits per heavy atom. The van der Waals surface area contributed by atoms with E-state index in [4.69, 9.17) is 5.73 Å². The van der Waals surface area contributed by atoms with Crippen molar-refractivity contribution < 1.29 is 4.79 Å². The zero-order valence-corrected chi connectivity index (χ0v) is 9.24. The molecule has 1 rings (SSSR count). The van der Waals surface area contributed by atoms with Gasteiger partial charge in [0.1, 0.15) is 0 Å². The normalized spacial score (nSPS) is 17.8. The van der Waals surface area contributed by atoms with Crippen LogP contribution in [-0.4, -0.2) is 36.7 Å². The highest BCUT2D eigenvalue weighted by atomic mass is 32.2. The van der Waals surface area contributed by atoms with Crippen LogP contribution in [0.15, 0.2) is 0 Å². The molecule has 2 amide bonds. The first-order chi connectivity index (χ1) is 6.83. The van der Waals surface area contributed by atoms with Crippen LogP contribution >= 0.6 is 11.8 Å². The number of nitrogens with one attached hydrogen (secondary N) is 2. The Hall–Kier alpha value is -0.420. The largest absolute Gasteiger partial charge is 0.338 e. The van der Waals surface area contributed by atoms with E-state index in [1.54, 1.807) is 0 Å². The molecule has 0 spiro atoms. The highest BCUT2D eigenvalue weighted by Gasteiger charge is 2.15. The van der Waals surface area contributed by atoms with Gasteiger partial charge in [0.05, 0.1) is 0 Å². The lowest BCUT2D eigenvalue weighted by atomic mass is 10.2. The molecule has 4 N–H and O–H groups in total. The van der Waals surface area contributed by atoms with Crippen molar-refractivity contribution in [3.8, 4) is 0 Å². The van der Waals surface area contributed by atoms with E-state index < -0.39 is 0 Å². The van der Waals surface area contributed by atoms with Crippen molar-refractivity contribution in [2.24, 2.45) is 5.73 Å². The minimum Gasteiger partial charge on any atom is -0.338 e. The molecule has 1 aliphatic heterocycles. The van der Waals surface area contributed by atoms with E-state index in [2.05, 4.69) is 10.6 Å². The van der Waals surface area contributed by atoms with Crippen LogP contribution in [0.3, 0.4) is 0 Å². The van der Waals surface area contributed by atoms with Crippen molar-refractivity contribution in [3.63, 3.8) is 0 Å². The molecule has 0 aliphatic carbocycles. The van der Waals surface area contributed by atoms with E-state index in [0.717, 1.165) is 30.8 Å². The Bertz CT molecular complexity index is 171. The molecule has 0 aromatic heterocycles. The maximum Gasteiger partial charge on any atom is 0.315 e. The molecule has 14 heavy (non-hydrogen) atoms. The molecular formula is C9H19N3OS. The fourth-order valence-corrected chi connectivity index (χ4v) is 2.49. The van der Waals surface area contributed by atoms with Gasteiger partial charge in [-0.15, -0.1) is 0 Å². The van der Waals surface area contributed by atoms with E-state index in [-0.39, 0.29) is 6.03 Å². The summed E-state index contributed by atoms with van der Waals surface area (Å²) in [6.45, 7) is 1.30. The second-order valence-electron chi connectivity index (χ2n) is 3.43. The fourth-order valence-electron chi connectivity index (χ4n) is 1.38. The number of nitrogens with two attached hydrogens (primary N) is 1. The predicted octanol–water partition coefficient (Wildman–Crippen LogP) is 0.530. The minimum atomic E-state index is -0.0460. The quantitative estimate of drug-likeness (QED) is 0.602. The lowest BCUT2D eigenvalue weighted by Crippen LogP contribution is -2.44. The summed E-state index contributed by atoms with van der Waals surface area (Å²) < 4.78 is 0. The summed E-state index contributed by atoms with van der Waals surface area (Å²) in [6.07, 6.45) is 3.03. The number of carbonyl (C=O) groups excluding carboxylic acids is 1. The van der Waals surface area contributed by atoms with Crippen molar-refractivity contribution >= 4 is 17.8 Å². The molecule has 1 heterocycles. The van der Waals surface area contributed by atoms with Gasteiger partial charge in [-0.2, -0.15) is 11.8 Å². The van der Waals surface area contributed by atoms with Gasteiger partial charge in [-0.25, -0.2) is 4.79 Å². The van der Waals surface area contributed by atoms with Crippen LogP contribution in [0, 0.1) is 0 Å². The van der Waals surface area contributed by atoms with Gasteiger partial charge in [0.25, 0.3) is 0 Å². The molecule has 1 aliphatic rings.